The molecule has 2 heteroatoms. The summed E-state index contributed by atoms with van der Waals surface area (Å²) in [4.78, 5) is 0. The number of hydrogen-bond acceptors (Lipinski definition) is 2. The highest BCUT2D eigenvalue weighted by molar-refractivity contribution is 5.53. The lowest BCUT2D eigenvalue weighted by Gasteiger charge is -2.25. The van der Waals surface area contributed by atoms with Gasteiger partial charge >= 0.3 is 0 Å². The van der Waals surface area contributed by atoms with Gasteiger partial charge in [-0.2, -0.15) is 0 Å². The second-order valence-corrected chi connectivity index (χ2v) is 11.8. The van der Waals surface area contributed by atoms with Crippen molar-refractivity contribution in [2.24, 2.45) is 11.8 Å². The molecule has 0 bridgehead atoms. The molecule has 2 nitrogen and oxygen atoms in total. The zero-order valence-corrected chi connectivity index (χ0v) is 27.7. The van der Waals surface area contributed by atoms with E-state index >= 15 is 0 Å². The minimum absolute atomic E-state index is 0.338. The Morgan fingerprint density at radius 2 is 1.00 bits per heavy atom. The van der Waals surface area contributed by atoms with Gasteiger partial charge in [-0.15, -0.1) is 0 Å². The first-order valence-corrected chi connectivity index (χ1v) is 15.3. The van der Waals surface area contributed by atoms with Gasteiger partial charge in [-0.05, 0) is 97.1 Å². The molecule has 2 aromatic carbocycles. The van der Waals surface area contributed by atoms with Crippen LogP contribution >= 0.6 is 0 Å². The molecule has 0 spiro atoms. The highest BCUT2D eigenvalue weighted by atomic mass is 16.3. The Morgan fingerprint density at radius 1 is 0.579 bits per heavy atom. The van der Waals surface area contributed by atoms with Crippen LogP contribution in [0.1, 0.15) is 161 Å². The van der Waals surface area contributed by atoms with Gasteiger partial charge < -0.3 is 10.2 Å². The fourth-order valence-corrected chi connectivity index (χ4v) is 3.60. The maximum absolute atomic E-state index is 10.8. The van der Waals surface area contributed by atoms with Gasteiger partial charge in [-0.3, -0.25) is 0 Å². The first-order valence-electron chi connectivity index (χ1n) is 15.3. The zero-order valence-electron chi connectivity index (χ0n) is 27.7. The van der Waals surface area contributed by atoms with Crippen LogP contribution in [0.3, 0.4) is 0 Å². The molecule has 0 aliphatic rings. The highest BCUT2D eigenvalue weighted by Gasteiger charge is 2.22. The van der Waals surface area contributed by atoms with Crippen LogP contribution in [0.15, 0.2) is 30.3 Å². The summed E-state index contributed by atoms with van der Waals surface area (Å²) in [6.45, 7) is 30.8. The number of benzene rings is 2. The monoisotopic (exact) mass is 528 g/mol. The van der Waals surface area contributed by atoms with Gasteiger partial charge in [0.25, 0.3) is 0 Å². The van der Waals surface area contributed by atoms with E-state index < -0.39 is 0 Å². The molecule has 0 saturated carbocycles. The SMILES string of the molecule is CCC(C)C.CCC(C)C.CCC(C)c1cc(C(C)CC)c(O)c(C(C)CC)c1C.Cc1cccc(O)c1. The molecular weight excluding hydrogens is 464 g/mol. The predicted molar refractivity (Wildman–Crippen MR) is 172 cm³/mol. The molecule has 0 saturated heterocycles. The molecular formula is C36H64O2. The number of aryl methyl sites for hydroxylation is 1. The molecule has 38 heavy (non-hydrogen) atoms. The molecule has 3 unspecified atom stereocenters. The summed E-state index contributed by atoms with van der Waals surface area (Å²) in [6.07, 6.45) is 5.89. The first kappa shape index (κ1) is 38.2. The third-order valence-electron chi connectivity index (χ3n) is 7.70. The first-order chi connectivity index (χ1) is 17.7. The van der Waals surface area contributed by atoms with E-state index in [-0.39, 0.29) is 0 Å². The van der Waals surface area contributed by atoms with Crippen molar-refractivity contribution < 1.29 is 10.2 Å². The van der Waals surface area contributed by atoms with Gasteiger partial charge in [0.15, 0.2) is 0 Å². The molecule has 0 radical (unpaired) electrons. The molecule has 2 N–H and O–H groups in total. The Bertz CT molecular complexity index is 806. The summed E-state index contributed by atoms with van der Waals surface area (Å²) < 4.78 is 0. The van der Waals surface area contributed by atoms with Crippen molar-refractivity contribution in [1.29, 1.82) is 0 Å². The Morgan fingerprint density at radius 3 is 1.32 bits per heavy atom. The van der Waals surface area contributed by atoms with Gasteiger partial charge in [0, 0.05) is 5.56 Å². The van der Waals surface area contributed by atoms with Crippen LogP contribution in [0.5, 0.6) is 11.5 Å². The highest BCUT2D eigenvalue weighted by Crippen LogP contribution is 2.42. The fraction of sp³-hybridized carbons (Fsp3) is 0.667. The van der Waals surface area contributed by atoms with E-state index in [4.69, 9.17) is 5.11 Å². The van der Waals surface area contributed by atoms with E-state index in [2.05, 4.69) is 96.1 Å². The van der Waals surface area contributed by atoms with Crippen LogP contribution in [0.25, 0.3) is 0 Å². The smallest absolute Gasteiger partial charge is 0.122 e. The van der Waals surface area contributed by atoms with Crippen molar-refractivity contribution >= 4 is 0 Å². The summed E-state index contributed by atoms with van der Waals surface area (Å²) in [6, 6.07) is 9.41. The quantitative estimate of drug-likeness (QED) is 0.357. The second-order valence-electron chi connectivity index (χ2n) is 11.8. The van der Waals surface area contributed by atoms with Crippen molar-refractivity contribution in [3.63, 3.8) is 0 Å². The lowest BCUT2D eigenvalue weighted by Crippen LogP contribution is -2.07. The normalized spacial score (nSPS) is 12.8. The Labute approximate surface area is 238 Å². The molecule has 0 aromatic heterocycles. The average molecular weight is 529 g/mol. The van der Waals surface area contributed by atoms with E-state index in [0.29, 0.717) is 29.3 Å². The van der Waals surface area contributed by atoms with Crippen molar-refractivity contribution in [3.8, 4) is 11.5 Å². The maximum Gasteiger partial charge on any atom is 0.122 e. The van der Waals surface area contributed by atoms with Crippen LogP contribution in [0.4, 0.5) is 0 Å². The van der Waals surface area contributed by atoms with Gasteiger partial charge in [-0.25, -0.2) is 0 Å². The minimum Gasteiger partial charge on any atom is -0.508 e. The predicted octanol–water partition coefficient (Wildman–Crippen LogP) is 12.0. The van der Waals surface area contributed by atoms with E-state index in [1.807, 2.05) is 19.1 Å². The summed E-state index contributed by atoms with van der Waals surface area (Å²) in [5.41, 5.74) is 6.14. The fourth-order valence-electron chi connectivity index (χ4n) is 3.60. The molecule has 220 valence electrons. The molecule has 0 amide bonds. The van der Waals surface area contributed by atoms with Crippen molar-refractivity contribution in [2.75, 3.05) is 0 Å². The molecule has 0 heterocycles. The molecule has 3 atom stereocenters. The average Bonchev–Trinajstić information content (AvgIpc) is 2.88. The van der Waals surface area contributed by atoms with E-state index in [0.717, 1.165) is 42.2 Å². The molecule has 2 aromatic rings. The number of phenols is 2. The number of hydrogen-bond donors (Lipinski definition) is 2. The minimum atomic E-state index is 0.338. The molecule has 0 aliphatic heterocycles. The zero-order chi connectivity index (χ0) is 30.0. The lowest BCUT2D eigenvalue weighted by atomic mass is 9.81. The van der Waals surface area contributed by atoms with E-state index in [9.17, 15) is 5.11 Å². The summed E-state index contributed by atoms with van der Waals surface area (Å²) >= 11 is 0. The van der Waals surface area contributed by atoms with Crippen LogP contribution in [-0.2, 0) is 0 Å². The largest absolute Gasteiger partial charge is 0.508 e. The maximum atomic E-state index is 10.8. The third-order valence-corrected chi connectivity index (χ3v) is 7.70. The Kier molecular flexibility index (Phi) is 21.0. The van der Waals surface area contributed by atoms with Crippen molar-refractivity contribution in [2.45, 2.75) is 147 Å². The summed E-state index contributed by atoms with van der Waals surface area (Å²) in [5, 5.41) is 19.6. The van der Waals surface area contributed by atoms with Gasteiger partial charge in [0.05, 0.1) is 0 Å². The van der Waals surface area contributed by atoms with Gasteiger partial charge in [0.2, 0.25) is 0 Å². The van der Waals surface area contributed by atoms with Crippen LogP contribution in [-0.4, -0.2) is 10.2 Å². The Balaban J connectivity index is 0. The second kappa shape index (κ2) is 20.9. The van der Waals surface area contributed by atoms with Crippen molar-refractivity contribution in [1.82, 2.24) is 0 Å². The van der Waals surface area contributed by atoms with Crippen molar-refractivity contribution in [3.05, 3.63) is 58.1 Å². The summed E-state index contributed by atoms with van der Waals surface area (Å²) in [5.74, 6) is 4.05. The topological polar surface area (TPSA) is 40.5 Å². The standard InChI is InChI=1S/C19H32O.C7H8O.2C5H12/c1-8-12(4)16-11-17(13(5)9-2)19(20)18(15(16)7)14(6)10-3;1-6-3-2-4-7(8)5-6;2*1-4-5(2)3/h11-14,20H,8-10H2,1-7H3;2-5,8H,1H3;2*5H,4H2,1-3H3. The summed E-state index contributed by atoms with van der Waals surface area (Å²) in [7, 11) is 0. The number of aromatic hydroxyl groups is 2. The number of rotatable bonds is 8. The van der Waals surface area contributed by atoms with E-state index in [1.165, 1.54) is 29.5 Å². The third kappa shape index (κ3) is 14.8. The lowest BCUT2D eigenvalue weighted by molar-refractivity contribution is 0.447. The Hall–Kier alpha value is -1.96. The van der Waals surface area contributed by atoms with Gasteiger partial charge in [0.1, 0.15) is 11.5 Å². The van der Waals surface area contributed by atoms with Crippen LogP contribution < -0.4 is 0 Å². The molecule has 0 aliphatic carbocycles. The van der Waals surface area contributed by atoms with E-state index in [1.54, 1.807) is 12.1 Å². The van der Waals surface area contributed by atoms with Crippen LogP contribution in [0, 0.1) is 25.7 Å². The van der Waals surface area contributed by atoms with Crippen LogP contribution in [0.2, 0.25) is 0 Å². The molecule has 2 rings (SSSR count). The van der Waals surface area contributed by atoms with Gasteiger partial charge in [-0.1, -0.05) is 114 Å². The number of phenolic OH excluding ortho intramolecular Hbond substituents is 2. The molecule has 0 fully saturated rings.